The lowest BCUT2D eigenvalue weighted by atomic mass is 10.2. The van der Waals surface area contributed by atoms with Gasteiger partial charge in [0.15, 0.2) is 0 Å². The number of aromatic nitrogens is 2. The maximum absolute atomic E-state index is 6.33. The Labute approximate surface area is 166 Å². The molecule has 0 N–H and O–H groups in total. The van der Waals surface area contributed by atoms with Crippen LogP contribution in [0.1, 0.15) is 5.56 Å². The summed E-state index contributed by atoms with van der Waals surface area (Å²) >= 11 is 20.0. The van der Waals surface area contributed by atoms with Crippen molar-refractivity contribution in [2.24, 2.45) is 0 Å². The van der Waals surface area contributed by atoms with Crippen LogP contribution >= 0.6 is 46.6 Å². The van der Waals surface area contributed by atoms with E-state index in [4.69, 9.17) is 34.8 Å². The molecule has 0 aliphatic heterocycles. The summed E-state index contributed by atoms with van der Waals surface area (Å²) in [7, 11) is 0. The van der Waals surface area contributed by atoms with Gasteiger partial charge in [-0.1, -0.05) is 59.1 Å². The standard InChI is InChI=1S/C19H15Cl3N2S/c20-15-4-1-14(2-5-15)3-7-17(12-24-10-9-23-13-24)25-19-8-6-16(21)11-18(19)22/h1-11,13,17H,12H2/b7-3+. The summed E-state index contributed by atoms with van der Waals surface area (Å²) in [6.45, 7) is 0.785. The molecule has 1 unspecified atom stereocenters. The zero-order valence-corrected chi connectivity index (χ0v) is 16.2. The predicted octanol–water partition coefficient (Wildman–Crippen LogP) is 6.72. The van der Waals surface area contributed by atoms with Crippen LogP contribution in [0, 0.1) is 0 Å². The summed E-state index contributed by atoms with van der Waals surface area (Å²) < 4.78 is 2.05. The van der Waals surface area contributed by atoms with Crippen LogP contribution in [0.2, 0.25) is 15.1 Å². The van der Waals surface area contributed by atoms with Crippen molar-refractivity contribution >= 4 is 52.6 Å². The van der Waals surface area contributed by atoms with Crippen molar-refractivity contribution in [2.45, 2.75) is 16.7 Å². The van der Waals surface area contributed by atoms with Crippen molar-refractivity contribution in [2.75, 3.05) is 0 Å². The Kier molecular flexibility index (Phi) is 6.49. The second-order valence-electron chi connectivity index (χ2n) is 5.40. The molecule has 0 radical (unpaired) electrons. The Morgan fingerprint density at radius 3 is 2.48 bits per heavy atom. The van der Waals surface area contributed by atoms with Gasteiger partial charge in [0.1, 0.15) is 0 Å². The van der Waals surface area contributed by atoms with Gasteiger partial charge in [0.2, 0.25) is 0 Å². The fourth-order valence-corrected chi connectivity index (χ4v) is 3.98. The monoisotopic (exact) mass is 408 g/mol. The molecular weight excluding hydrogens is 395 g/mol. The molecule has 0 spiro atoms. The van der Waals surface area contributed by atoms with Crippen LogP contribution in [0.4, 0.5) is 0 Å². The van der Waals surface area contributed by atoms with Crippen molar-refractivity contribution in [3.05, 3.63) is 87.9 Å². The fraction of sp³-hybridized carbons (Fsp3) is 0.105. The van der Waals surface area contributed by atoms with Crippen LogP contribution in [0.25, 0.3) is 6.08 Å². The van der Waals surface area contributed by atoms with E-state index in [1.165, 1.54) is 0 Å². The maximum Gasteiger partial charge on any atom is 0.0946 e. The first kappa shape index (κ1) is 18.4. The minimum absolute atomic E-state index is 0.184. The topological polar surface area (TPSA) is 17.8 Å². The molecule has 0 bridgehead atoms. The summed E-state index contributed by atoms with van der Waals surface area (Å²) in [6, 6.07) is 13.3. The highest BCUT2D eigenvalue weighted by Crippen LogP contribution is 2.33. The Morgan fingerprint density at radius 2 is 1.80 bits per heavy atom. The van der Waals surface area contributed by atoms with E-state index in [9.17, 15) is 0 Å². The Morgan fingerprint density at radius 1 is 1.04 bits per heavy atom. The molecular formula is C19H15Cl3N2S. The minimum atomic E-state index is 0.184. The highest BCUT2D eigenvalue weighted by atomic mass is 35.5. The lowest BCUT2D eigenvalue weighted by Gasteiger charge is -2.14. The molecule has 0 aliphatic carbocycles. The third-order valence-corrected chi connectivity index (χ3v) is 5.63. The van der Waals surface area contributed by atoms with Crippen LogP contribution in [0.15, 0.2) is 72.2 Å². The maximum atomic E-state index is 6.33. The molecule has 0 fully saturated rings. The first-order valence-electron chi connectivity index (χ1n) is 7.61. The number of thioether (sulfide) groups is 1. The van der Waals surface area contributed by atoms with Crippen LogP contribution in [-0.4, -0.2) is 14.8 Å². The van der Waals surface area contributed by atoms with E-state index in [-0.39, 0.29) is 5.25 Å². The molecule has 2 aromatic carbocycles. The van der Waals surface area contributed by atoms with E-state index < -0.39 is 0 Å². The first-order chi connectivity index (χ1) is 12.1. The summed E-state index contributed by atoms with van der Waals surface area (Å²) in [5, 5.41) is 2.21. The number of halogens is 3. The van der Waals surface area contributed by atoms with Crippen molar-refractivity contribution in [3.8, 4) is 0 Å². The van der Waals surface area contributed by atoms with Crippen molar-refractivity contribution in [1.82, 2.24) is 9.55 Å². The van der Waals surface area contributed by atoms with Crippen LogP contribution < -0.4 is 0 Å². The first-order valence-corrected chi connectivity index (χ1v) is 9.63. The van der Waals surface area contributed by atoms with Gasteiger partial charge in [-0.15, -0.1) is 11.8 Å². The van der Waals surface area contributed by atoms with Crippen molar-refractivity contribution in [3.63, 3.8) is 0 Å². The number of rotatable bonds is 6. The van der Waals surface area contributed by atoms with Crippen LogP contribution in [-0.2, 0) is 6.54 Å². The second-order valence-corrected chi connectivity index (χ2v) is 7.96. The third-order valence-electron chi connectivity index (χ3n) is 3.50. The molecule has 6 heteroatoms. The number of benzene rings is 2. The minimum Gasteiger partial charge on any atom is -0.336 e. The molecule has 0 saturated heterocycles. The van der Waals surface area contributed by atoms with Gasteiger partial charge in [-0.25, -0.2) is 4.98 Å². The largest absolute Gasteiger partial charge is 0.336 e. The highest BCUT2D eigenvalue weighted by Gasteiger charge is 2.11. The van der Waals surface area contributed by atoms with E-state index >= 15 is 0 Å². The molecule has 2 nitrogen and oxygen atoms in total. The SMILES string of the molecule is Clc1ccc(/C=C/C(Cn2ccnc2)Sc2ccc(Cl)cc2Cl)cc1. The summed E-state index contributed by atoms with van der Waals surface area (Å²) in [5.74, 6) is 0. The molecule has 0 amide bonds. The molecule has 0 saturated carbocycles. The lowest BCUT2D eigenvalue weighted by Crippen LogP contribution is -2.09. The Hall–Kier alpha value is -1.39. The Balaban J connectivity index is 1.80. The second kappa shape index (κ2) is 8.81. The number of imidazole rings is 1. The van der Waals surface area contributed by atoms with Gasteiger partial charge in [0.05, 0.1) is 11.3 Å². The molecule has 0 aliphatic rings. The summed E-state index contributed by atoms with van der Waals surface area (Å²) in [5.41, 5.74) is 1.10. The molecule has 3 rings (SSSR count). The number of nitrogens with zero attached hydrogens (tertiary/aromatic N) is 2. The van der Waals surface area contributed by atoms with Gasteiger partial charge in [0.25, 0.3) is 0 Å². The van der Waals surface area contributed by atoms with Crippen molar-refractivity contribution in [1.29, 1.82) is 0 Å². The molecule has 3 aromatic rings. The van der Waals surface area contributed by atoms with E-state index in [1.807, 2.05) is 53.5 Å². The summed E-state index contributed by atoms with van der Waals surface area (Å²) in [6.07, 6.45) is 9.80. The number of hydrogen-bond acceptors (Lipinski definition) is 2. The van der Waals surface area contributed by atoms with E-state index in [1.54, 1.807) is 24.0 Å². The van der Waals surface area contributed by atoms with Gasteiger partial charge >= 0.3 is 0 Å². The van der Waals surface area contributed by atoms with Gasteiger partial charge in [0, 0.05) is 39.1 Å². The van der Waals surface area contributed by atoms with E-state index in [0.717, 1.165) is 22.0 Å². The zero-order chi connectivity index (χ0) is 17.6. The molecule has 128 valence electrons. The molecule has 1 aromatic heterocycles. The zero-order valence-electron chi connectivity index (χ0n) is 13.1. The highest BCUT2D eigenvalue weighted by molar-refractivity contribution is 8.00. The van der Waals surface area contributed by atoms with Gasteiger partial charge in [-0.05, 0) is 35.9 Å². The quantitative estimate of drug-likeness (QED) is 0.421. The molecule has 1 atom stereocenters. The van der Waals surface area contributed by atoms with E-state index in [0.29, 0.717) is 10.0 Å². The predicted molar refractivity (Wildman–Crippen MR) is 109 cm³/mol. The summed E-state index contributed by atoms with van der Waals surface area (Å²) in [4.78, 5) is 5.11. The third kappa shape index (κ3) is 5.55. The number of hydrogen-bond donors (Lipinski definition) is 0. The molecule has 25 heavy (non-hydrogen) atoms. The van der Waals surface area contributed by atoms with E-state index in [2.05, 4.69) is 17.1 Å². The average molecular weight is 410 g/mol. The lowest BCUT2D eigenvalue weighted by molar-refractivity contribution is 0.720. The smallest absolute Gasteiger partial charge is 0.0946 e. The van der Waals surface area contributed by atoms with Crippen molar-refractivity contribution < 1.29 is 0 Å². The van der Waals surface area contributed by atoms with Gasteiger partial charge < -0.3 is 4.57 Å². The average Bonchev–Trinajstić information content (AvgIpc) is 3.09. The Bertz CT molecular complexity index is 846. The normalized spacial score (nSPS) is 12.6. The molecule has 1 heterocycles. The van der Waals surface area contributed by atoms with Gasteiger partial charge in [-0.2, -0.15) is 0 Å². The van der Waals surface area contributed by atoms with Gasteiger partial charge in [-0.3, -0.25) is 0 Å². The van der Waals surface area contributed by atoms with Crippen LogP contribution in [0.3, 0.4) is 0 Å². The fourth-order valence-electron chi connectivity index (χ4n) is 2.27. The van der Waals surface area contributed by atoms with Crippen LogP contribution in [0.5, 0.6) is 0 Å².